The normalized spacial score (nSPS) is 12.1. The molecule has 3 nitrogen and oxygen atoms in total. The zero-order valence-corrected chi connectivity index (χ0v) is 40.0. The van der Waals surface area contributed by atoms with Crippen LogP contribution < -0.4 is 9.80 Å². The van der Waals surface area contributed by atoms with E-state index < -0.39 is 0 Å². The number of fused-ring (bicyclic) bond motifs is 7. The fourth-order valence-corrected chi connectivity index (χ4v) is 11.9. The fourth-order valence-electron chi connectivity index (χ4n) is 10.8. The van der Waals surface area contributed by atoms with Crippen LogP contribution in [-0.2, 0) is 0 Å². The molecular weight excluding hydrogens is 891 g/mol. The first-order valence-electron chi connectivity index (χ1n) is 24.6. The molecule has 72 heavy (non-hydrogen) atoms. The van der Waals surface area contributed by atoms with Gasteiger partial charge in [0.2, 0.25) is 0 Å². The minimum atomic E-state index is 1.10. The van der Waals surface area contributed by atoms with E-state index in [0.717, 1.165) is 56.3 Å². The zero-order valence-electron chi connectivity index (χ0n) is 39.2. The fraction of sp³-hybridized carbons (Fsp3) is 0. The van der Waals surface area contributed by atoms with Crippen molar-refractivity contribution in [3.8, 4) is 39.1 Å². The summed E-state index contributed by atoms with van der Waals surface area (Å²) in [5.74, 6) is 0. The molecular formula is C68H45N3S. The average Bonchev–Trinajstić information content (AvgIpc) is 3.78. The maximum atomic E-state index is 2.51. The minimum absolute atomic E-state index is 1.10. The Morgan fingerprint density at radius 1 is 0.278 bits per heavy atom. The summed E-state index contributed by atoms with van der Waals surface area (Å²) in [6.07, 6.45) is 0. The van der Waals surface area contributed by atoms with Crippen molar-refractivity contribution >= 4 is 89.2 Å². The van der Waals surface area contributed by atoms with Crippen LogP contribution in [0.5, 0.6) is 0 Å². The van der Waals surface area contributed by atoms with Gasteiger partial charge >= 0.3 is 0 Å². The van der Waals surface area contributed by atoms with Gasteiger partial charge in [0.05, 0.1) is 22.4 Å². The van der Waals surface area contributed by atoms with E-state index >= 15 is 0 Å². The lowest BCUT2D eigenvalue weighted by Crippen LogP contribution is -2.15. The molecule has 0 saturated carbocycles. The monoisotopic (exact) mass is 935 g/mol. The van der Waals surface area contributed by atoms with E-state index in [2.05, 4.69) is 287 Å². The Hall–Kier alpha value is -9.09. The van der Waals surface area contributed by atoms with E-state index in [1.807, 2.05) is 11.8 Å². The van der Waals surface area contributed by atoms with Gasteiger partial charge in [-0.15, -0.1) is 0 Å². The molecule has 0 spiro atoms. The molecule has 0 radical (unpaired) electrons. The summed E-state index contributed by atoms with van der Waals surface area (Å²) in [6.45, 7) is 0. The Bertz CT molecular complexity index is 4090. The van der Waals surface area contributed by atoms with Gasteiger partial charge in [0.15, 0.2) is 0 Å². The molecule has 13 aromatic rings. The molecule has 0 bridgehead atoms. The van der Waals surface area contributed by atoms with Crippen LogP contribution in [0.4, 0.5) is 34.1 Å². The lowest BCUT2D eigenvalue weighted by molar-refractivity contribution is 1.17. The van der Waals surface area contributed by atoms with Crippen molar-refractivity contribution in [1.29, 1.82) is 0 Å². The molecule has 0 saturated heterocycles. The molecule has 1 aliphatic rings. The predicted octanol–water partition coefficient (Wildman–Crippen LogP) is 19.5. The van der Waals surface area contributed by atoms with Gasteiger partial charge in [0.25, 0.3) is 0 Å². The smallest absolute Gasteiger partial charge is 0.0608 e. The first kappa shape index (κ1) is 41.8. The maximum absolute atomic E-state index is 2.51. The molecule has 0 amide bonds. The number of hydrogen-bond acceptors (Lipinski definition) is 3. The van der Waals surface area contributed by atoms with Crippen LogP contribution in [-0.4, -0.2) is 4.57 Å². The Balaban J connectivity index is 0.977. The highest BCUT2D eigenvalue weighted by Gasteiger charge is 2.28. The minimum Gasteiger partial charge on any atom is -0.310 e. The summed E-state index contributed by atoms with van der Waals surface area (Å²) in [7, 11) is 0. The second kappa shape index (κ2) is 17.4. The van der Waals surface area contributed by atoms with Crippen LogP contribution in [0.25, 0.3) is 82.4 Å². The third kappa shape index (κ3) is 7.31. The SMILES string of the molecule is c1ccc(-c2cc(-c3ccccc3)cc(N3c4cc(-c5ccc6c(c5)c5cc(N(c7ccccc7)c7ccccc7)ccc5n6-c5ccc6ccccc6c5)ccc4Sc4cc5ccccc5cc43)c2)cc1. The number of aromatic nitrogens is 1. The van der Waals surface area contributed by atoms with Gasteiger partial charge in [-0.05, 0) is 164 Å². The van der Waals surface area contributed by atoms with Gasteiger partial charge < -0.3 is 14.4 Å². The lowest BCUT2D eigenvalue weighted by Gasteiger charge is -2.34. The molecule has 0 unspecified atom stereocenters. The van der Waals surface area contributed by atoms with E-state index in [1.54, 1.807) is 0 Å². The Morgan fingerprint density at radius 2 is 0.792 bits per heavy atom. The molecule has 0 aliphatic carbocycles. The van der Waals surface area contributed by atoms with E-state index in [0.29, 0.717) is 0 Å². The Kier molecular flexibility index (Phi) is 10.1. The Morgan fingerprint density at radius 3 is 1.44 bits per heavy atom. The summed E-state index contributed by atoms with van der Waals surface area (Å²) in [5.41, 5.74) is 17.3. The third-order valence-electron chi connectivity index (χ3n) is 14.2. The van der Waals surface area contributed by atoms with Crippen molar-refractivity contribution in [2.24, 2.45) is 0 Å². The van der Waals surface area contributed by atoms with Crippen molar-refractivity contribution in [3.05, 3.63) is 273 Å². The van der Waals surface area contributed by atoms with Crippen molar-refractivity contribution in [2.75, 3.05) is 9.80 Å². The van der Waals surface area contributed by atoms with Crippen LogP contribution in [0.3, 0.4) is 0 Å². The van der Waals surface area contributed by atoms with Gasteiger partial charge in [-0.25, -0.2) is 0 Å². The second-order valence-electron chi connectivity index (χ2n) is 18.6. The molecule has 338 valence electrons. The van der Waals surface area contributed by atoms with E-state index in [9.17, 15) is 0 Å². The van der Waals surface area contributed by atoms with Gasteiger partial charge in [-0.3, -0.25) is 0 Å². The summed E-state index contributed by atoms with van der Waals surface area (Å²) in [6, 6.07) is 100.0. The summed E-state index contributed by atoms with van der Waals surface area (Å²) in [5, 5.41) is 7.29. The molecule has 14 rings (SSSR count). The standard InChI is InChI=1S/C68H45N3S/c1-5-17-46(18-6-1)54-37-55(47-19-7-2-8-20-47)40-60(39-54)71-65-43-53(31-36-67(65)72-68-44-51-24-16-15-23-50(51)42-66(68)71)52-30-34-63-61(41-52)62-45-59(69(56-25-9-3-10-26-56)57-27-11-4-12-28-57)33-35-64(62)70(63)58-32-29-48-21-13-14-22-49(48)38-58/h1-45H. The number of rotatable bonds is 8. The summed E-state index contributed by atoms with van der Waals surface area (Å²) in [4.78, 5) is 7.32. The van der Waals surface area contributed by atoms with Gasteiger partial charge in [0, 0.05) is 49.0 Å². The molecule has 12 aromatic carbocycles. The van der Waals surface area contributed by atoms with E-state index in [-0.39, 0.29) is 0 Å². The molecule has 1 aromatic heterocycles. The highest BCUT2D eigenvalue weighted by molar-refractivity contribution is 7.99. The van der Waals surface area contributed by atoms with E-state index in [1.165, 1.54) is 70.0 Å². The number of benzene rings is 12. The number of anilines is 6. The van der Waals surface area contributed by atoms with Crippen molar-refractivity contribution in [2.45, 2.75) is 9.79 Å². The van der Waals surface area contributed by atoms with Gasteiger partial charge in [-0.2, -0.15) is 0 Å². The average molecular weight is 936 g/mol. The number of hydrogen-bond donors (Lipinski definition) is 0. The molecule has 0 N–H and O–H groups in total. The van der Waals surface area contributed by atoms with Crippen molar-refractivity contribution < 1.29 is 0 Å². The first-order valence-corrected chi connectivity index (χ1v) is 25.4. The molecule has 0 atom stereocenters. The highest BCUT2D eigenvalue weighted by Crippen LogP contribution is 2.54. The van der Waals surface area contributed by atoms with Gasteiger partial charge in [0.1, 0.15) is 0 Å². The summed E-state index contributed by atoms with van der Waals surface area (Å²) < 4.78 is 2.44. The van der Waals surface area contributed by atoms with Crippen molar-refractivity contribution in [3.63, 3.8) is 0 Å². The molecule has 4 heteroatoms. The summed E-state index contributed by atoms with van der Waals surface area (Å²) >= 11 is 1.86. The van der Waals surface area contributed by atoms with Gasteiger partial charge in [-0.1, -0.05) is 176 Å². The number of para-hydroxylation sites is 2. The topological polar surface area (TPSA) is 11.4 Å². The third-order valence-corrected chi connectivity index (χ3v) is 15.4. The Labute approximate surface area is 423 Å². The van der Waals surface area contributed by atoms with Crippen molar-refractivity contribution in [1.82, 2.24) is 4.57 Å². The first-order chi connectivity index (χ1) is 35.7. The maximum Gasteiger partial charge on any atom is 0.0608 e. The molecule has 1 aliphatic heterocycles. The molecule has 2 heterocycles. The second-order valence-corrected chi connectivity index (χ2v) is 19.7. The van der Waals surface area contributed by atoms with Crippen LogP contribution in [0.15, 0.2) is 283 Å². The largest absolute Gasteiger partial charge is 0.310 e. The van der Waals surface area contributed by atoms with Crippen LogP contribution in [0, 0.1) is 0 Å². The quantitative estimate of drug-likeness (QED) is 0.151. The van der Waals surface area contributed by atoms with E-state index in [4.69, 9.17) is 0 Å². The lowest BCUT2D eigenvalue weighted by atomic mass is 9.96. The zero-order chi connectivity index (χ0) is 47.5. The highest BCUT2D eigenvalue weighted by atomic mass is 32.2. The number of nitrogens with zero attached hydrogens (tertiary/aromatic N) is 3. The predicted molar refractivity (Wildman–Crippen MR) is 306 cm³/mol. The van der Waals surface area contributed by atoms with Crippen LogP contribution >= 0.6 is 11.8 Å². The van der Waals surface area contributed by atoms with Crippen LogP contribution in [0.1, 0.15) is 0 Å². The van der Waals surface area contributed by atoms with Crippen LogP contribution in [0.2, 0.25) is 0 Å². The molecule has 0 fully saturated rings.